The van der Waals surface area contributed by atoms with Crippen LogP contribution in [0.1, 0.15) is 17.0 Å². The lowest BCUT2D eigenvalue weighted by atomic mass is 10.1. The smallest absolute Gasteiger partial charge is 0.223 e. The number of aromatic amines is 1. The second-order valence-corrected chi connectivity index (χ2v) is 7.90. The van der Waals surface area contributed by atoms with Crippen molar-refractivity contribution in [2.75, 3.05) is 0 Å². The molecule has 0 aliphatic carbocycles. The van der Waals surface area contributed by atoms with Crippen molar-refractivity contribution in [2.45, 2.75) is 20.8 Å². The van der Waals surface area contributed by atoms with E-state index in [2.05, 4.69) is 15.0 Å². The molecule has 5 rings (SSSR count). The molecule has 0 atom stereocenters. The number of hydrogen-bond donors (Lipinski definition) is 4. The molecule has 31 heavy (non-hydrogen) atoms. The number of aromatic hydroxyl groups is 2. The molecule has 0 aliphatic heterocycles. The second-order valence-electron chi connectivity index (χ2n) is 7.90. The van der Waals surface area contributed by atoms with E-state index in [1.54, 1.807) is 23.6 Å². The third-order valence-electron chi connectivity index (χ3n) is 5.69. The van der Waals surface area contributed by atoms with Crippen molar-refractivity contribution >= 4 is 21.9 Å². The van der Waals surface area contributed by atoms with Crippen LogP contribution >= 0.6 is 0 Å². The highest BCUT2D eigenvalue weighted by molar-refractivity contribution is 6.09. The fourth-order valence-corrected chi connectivity index (χ4v) is 4.22. The van der Waals surface area contributed by atoms with Crippen LogP contribution in [0.4, 0.5) is 0 Å². The van der Waals surface area contributed by atoms with Gasteiger partial charge in [0.15, 0.2) is 5.65 Å². The number of phenols is 1. The third kappa shape index (κ3) is 2.72. The highest BCUT2D eigenvalue weighted by Gasteiger charge is 2.22. The maximum absolute atomic E-state index is 11.0. The van der Waals surface area contributed by atoms with Crippen molar-refractivity contribution in [3.63, 3.8) is 0 Å². The molecule has 0 aliphatic rings. The monoisotopic (exact) mass is 414 g/mol. The lowest BCUT2D eigenvalue weighted by Gasteiger charge is -2.13. The van der Waals surface area contributed by atoms with E-state index in [1.165, 1.54) is 0 Å². The number of hydrogen-bond acceptors (Lipinski definition) is 5. The summed E-state index contributed by atoms with van der Waals surface area (Å²) in [6.45, 7) is 5.57. The number of nitrogens with one attached hydrogen (secondary N) is 2. The summed E-state index contributed by atoms with van der Waals surface area (Å²) in [5.74, 6) is 0.560. The van der Waals surface area contributed by atoms with Gasteiger partial charge >= 0.3 is 0 Å². The Morgan fingerprint density at radius 1 is 1.03 bits per heavy atom. The number of benzene rings is 1. The van der Waals surface area contributed by atoms with Crippen LogP contribution in [0, 0.1) is 26.2 Å². The number of aromatic nitrogens is 5. The van der Waals surface area contributed by atoms with Crippen LogP contribution in [0.5, 0.6) is 11.6 Å². The number of phenolic OH excluding ortho intramolecular Hbond substituents is 1. The van der Waals surface area contributed by atoms with Crippen molar-refractivity contribution in [2.24, 2.45) is 7.05 Å². The summed E-state index contributed by atoms with van der Waals surface area (Å²) in [6.07, 6.45) is 3.83. The molecule has 0 radical (unpaired) electrons. The molecule has 8 nitrogen and oxygen atoms in total. The molecule has 1 aromatic carbocycles. The van der Waals surface area contributed by atoms with Gasteiger partial charge in [0.1, 0.15) is 17.1 Å². The van der Waals surface area contributed by atoms with Crippen LogP contribution in [0.15, 0.2) is 36.7 Å². The first-order valence-corrected chi connectivity index (χ1v) is 9.87. The predicted molar refractivity (Wildman–Crippen MR) is 119 cm³/mol. The minimum atomic E-state index is -0.239. The Morgan fingerprint density at radius 3 is 2.52 bits per heavy atom. The summed E-state index contributed by atoms with van der Waals surface area (Å²) >= 11 is 0. The minimum absolute atomic E-state index is 0.0588. The first-order valence-electron chi connectivity index (χ1n) is 9.87. The van der Waals surface area contributed by atoms with Gasteiger partial charge in [0.05, 0.1) is 27.7 Å². The van der Waals surface area contributed by atoms with Crippen LogP contribution in [0.2, 0.25) is 0 Å². The van der Waals surface area contributed by atoms with Crippen LogP contribution in [-0.4, -0.2) is 34.3 Å². The van der Waals surface area contributed by atoms with Gasteiger partial charge in [-0.15, -0.1) is 0 Å². The lowest BCUT2D eigenvalue weighted by molar-refractivity contribution is 0.461. The van der Waals surface area contributed by atoms with Crippen molar-refractivity contribution in [1.29, 1.82) is 5.41 Å². The molecule has 0 saturated heterocycles. The Balaban J connectivity index is 1.98. The van der Waals surface area contributed by atoms with Gasteiger partial charge in [-0.25, -0.2) is 9.97 Å². The molecule has 0 bridgehead atoms. The van der Waals surface area contributed by atoms with Crippen molar-refractivity contribution in [1.82, 2.24) is 24.1 Å². The average molecular weight is 414 g/mol. The van der Waals surface area contributed by atoms with Gasteiger partial charge in [-0.1, -0.05) is 6.07 Å². The van der Waals surface area contributed by atoms with Crippen molar-refractivity contribution in [3.05, 3.63) is 59.1 Å². The fourth-order valence-electron chi connectivity index (χ4n) is 4.22. The molecule has 0 fully saturated rings. The van der Waals surface area contributed by atoms with Gasteiger partial charge in [-0.3, -0.25) is 9.98 Å². The third-order valence-corrected chi connectivity index (χ3v) is 5.69. The lowest BCUT2D eigenvalue weighted by Crippen LogP contribution is -2.16. The van der Waals surface area contributed by atoms with Gasteiger partial charge in [-0.2, -0.15) is 0 Å². The molecule has 156 valence electrons. The Morgan fingerprint density at radius 2 is 1.81 bits per heavy atom. The minimum Gasteiger partial charge on any atom is -0.508 e. The molecular weight excluding hydrogens is 392 g/mol. The topological polar surface area (TPSA) is 116 Å². The van der Waals surface area contributed by atoms with E-state index in [9.17, 15) is 10.2 Å². The quantitative estimate of drug-likeness (QED) is 0.352. The summed E-state index contributed by atoms with van der Waals surface area (Å²) in [7, 11) is 1.92. The van der Waals surface area contributed by atoms with E-state index in [4.69, 9.17) is 5.41 Å². The zero-order valence-corrected chi connectivity index (χ0v) is 17.6. The van der Waals surface area contributed by atoms with Crippen molar-refractivity contribution < 1.29 is 10.2 Å². The van der Waals surface area contributed by atoms with E-state index in [0.29, 0.717) is 44.7 Å². The van der Waals surface area contributed by atoms with Gasteiger partial charge in [0.2, 0.25) is 5.88 Å². The van der Waals surface area contributed by atoms with Crippen LogP contribution in [0.3, 0.4) is 0 Å². The molecule has 0 amide bonds. The number of H-pyrrole nitrogens is 1. The average Bonchev–Trinajstić information content (AvgIpc) is 3.21. The zero-order chi connectivity index (χ0) is 22.0. The van der Waals surface area contributed by atoms with E-state index >= 15 is 0 Å². The van der Waals surface area contributed by atoms with E-state index in [0.717, 1.165) is 11.1 Å². The molecular formula is C23H22N6O2. The Bertz CT molecular complexity index is 1570. The molecule has 0 saturated carbocycles. The standard InChI is InChI=1S/C23H22N6O2/c1-11-5-6-17(30)12(2)20(11)29-21(24)19-18-16(25-13(3)26-22(18)29)9-15(27-23(19)31)14-7-8-28(4)10-14/h5-10,24,30-31H,1-4H3,(H,25,26). The Labute approximate surface area is 177 Å². The summed E-state index contributed by atoms with van der Waals surface area (Å²) in [4.78, 5) is 12.4. The molecule has 4 N–H and O–H groups in total. The molecule has 4 heterocycles. The summed E-state index contributed by atoms with van der Waals surface area (Å²) in [5.41, 5.74) is 4.94. The largest absolute Gasteiger partial charge is 0.508 e. The van der Waals surface area contributed by atoms with Gasteiger partial charge in [0.25, 0.3) is 0 Å². The van der Waals surface area contributed by atoms with Gasteiger partial charge in [0, 0.05) is 30.6 Å². The molecule has 0 unspecified atom stereocenters. The molecule has 0 spiro atoms. The van der Waals surface area contributed by atoms with Crippen LogP contribution in [-0.2, 0) is 7.05 Å². The zero-order valence-electron chi connectivity index (χ0n) is 17.6. The summed E-state index contributed by atoms with van der Waals surface area (Å²) < 4.78 is 3.58. The predicted octanol–water partition coefficient (Wildman–Crippen LogP) is 3.72. The van der Waals surface area contributed by atoms with Gasteiger partial charge in [-0.05, 0) is 44.5 Å². The Hall–Kier alpha value is -4.07. The van der Waals surface area contributed by atoms with Crippen molar-refractivity contribution in [3.8, 4) is 28.6 Å². The molecule has 8 heteroatoms. The summed E-state index contributed by atoms with van der Waals surface area (Å²) in [6, 6.07) is 7.23. The highest BCUT2D eigenvalue weighted by atomic mass is 16.3. The highest BCUT2D eigenvalue weighted by Crippen LogP contribution is 2.34. The second kappa shape index (κ2) is 6.46. The first kappa shape index (κ1) is 18.9. The number of nitrogens with zero attached hydrogens (tertiary/aromatic N) is 4. The SMILES string of the molecule is Cc1nc2c3c(cc(-c4ccn(C)c4)nc(O)c3c(=N)n2-c2c(C)ccc(O)c2C)[nH]1. The van der Waals surface area contributed by atoms with E-state index in [1.807, 2.05) is 50.0 Å². The first-order chi connectivity index (χ1) is 14.8. The van der Waals surface area contributed by atoms with E-state index in [-0.39, 0.29) is 17.1 Å². The Kier molecular flexibility index (Phi) is 3.95. The maximum Gasteiger partial charge on any atom is 0.223 e. The normalized spacial score (nSPS) is 11.6. The molecule has 5 aromatic rings. The van der Waals surface area contributed by atoms with Crippen LogP contribution in [0.25, 0.3) is 38.9 Å². The van der Waals surface area contributed by atoms with Crippen LogP contribution < -0.4 is 5.49 Å². The fraction of sp³-hybridized carbons (Fsp3) is 0.174. The number of rotatable bonds is 2. The molecule has 4 aromatic heterocycles. The maximum atomic E-state index is 11.0. The van der Waals surface area contributed by atoms with Gasteiger partial charge < -0.3 is 19.8 Å². The van der Waals surface area contributed by atoms with E-state index < -0.39 is 0 Å². The summed E-state index contributed by atoms with van der Waals surface area (Å²) in [5, 5.41) is 31.1. The number of aryl methyl sites for hydroxylation is 3.